The van der Waals surface area contributed by atoms with Gasteiger partial charge in [0.05, 0.1) is 6.10 Å². The summed E-state index contributed by atoms with van der Waals surface area (Å²) >= 11 is 0. The van der Waals surface area contributed by atoms with Crippen LogP contribution in [0.4, 0.5) is 0 Å². The Hall–Kier alpha value is -4.62. The Balaban J connectivity index is 0.00000262. The third-order valence-electron chi connectivity index (χ3n) is 10.9. The highest BCUT2D eigenvalue weighted by Crippen LogP contribution is 2.32. The number of hydrogen-bond donors (Lipinski definition) is 5. The number of carbonyl (C=O) groups is 6. The van der Waals surface area contributed by atoms with Crippen LogP contribution in [-0.2, 0) is 38.4 Å². The number of piperidine rings is 1. The molecule has 3 fully saturated rings. The summed E-state index contributed by atoms with van der Waals surface area (Å²) in [6.07, 6.45) is 8.71. The van der Waals surface area contributed by atoms with Crippen molar-refractivity contribution in [2.45, 2.75) is 141 Å². The van der Waals surface area contributed by atoms with Gasteiger partial charge in [0.2, 0.25) is 35.4 Å². The number of amides is 6. The first-order valence-electron chi connectivity index (χ1n) is 19.9. The van der Waals surface area contributed by atoms with Crippen molar-refractivity contribution in [2.24, 2.45) is 11.8 Å². The van der Waals surface area contributed by atoms with E-state index in [4.69, 9.17) is 9.59 Å². The van der Waals surface area contributed by atoms with E-state index in [2.05, 4.69) is 28.2 Å². The van der Waals surface area contributed by atoms with Gasteiger partial charge in [-0.15, -0.1) is 0 Å². The third-order valence-corrected chi connectivity index (χ3v) is 10.9. The molecule has 6 amide bonds. The fourth-order valence-corrected chi connectivity index (χ4v) is 7.89. The second-order valence-electron chi connectivity index (χ2n) is 15.1. The van der Waals surface area contributed by atoms with Crippen molar-refractivity contribution in [3.05, 3.63) is 35.9 Å². The Kier molecular flexibility index (Phi) is 18.5. The van der Waals surface area contributed by atoms with Gasteiger partial charge in [-0.2, -0.15) is 9.59 Å². The number of nitrogens with one attached hydrogen (secondary N) is 4. The summed E-state index contributed by atoms with van der Waals surface area (Å²) in [6, 6.07) is 4.25. The predicted octanol–water partition coefficient (Wildman–Crippen LogP) is 2.14. The zero-order valence-corrected chi connectivity index (χ0v) is 32.7. The highest BCUT2D eigenvalue weighted by atomic mass is 16.3. The van der Waals surface area contributed by atoms with Gasteiger partial charge < -0.3 is 36.2 Å². The zero-order chi connectivity index (χ0) is 40.5. The maximum atomic E-state index is 14.3. The Morgan fingerprint density at radius 1 is 0.764 bits per heavy atom. The average Bonchev–Trinajstić information content (AvgIpc) is 3.68. The summed E-state index contributed by atoms with van der Waals surface area (Å²) in [6.45, 7) is 8.00. The highest BCUT2D eigenvalue weighted by Gasteiger charge is 2.41. The second-order valence-corrected chi connectivity index (χ2v) is 15.1. The van der Waals surface area contributed by atoms with E-state index in [0.29, 0.717) is 69.6 Å². The van der Waals surface area contributed by atoms with E-state index >= 15 is 0 Å². The van der Waals surface area contributed by atoms with Crippen LogP contribution >= 0.6 is 0 Å². The molecule has 2 aliphatic heterocycles. The molecule has 0 aromatic heterocycles. The van der Waals surface area contributed by atoms with Gasteiger partial charge in [-0.05, 0) is 69.8 Å². The molecule has 2 heterocycles. The first kappa shape index (κ1) is 44.8. The van der Waals surface area contributed by atoms with E-state index < -0.39 is 59.9 Å². The van der Waals surface area contributed by atoms with E-state index in [1.54, 1.807) is 19.1 Å². The van der Waals surface area contributed by atoms with Gasteiger partial charge in [0, 0.05) is 26.1 Å². The lowest BCUT2D eigenvalue weighted by Crippen LogP contribution is -2.60. The maximum Gasteiger partial charge on any atom is 0.373 e. The molecule has 1 aromatic rings. The number of hydrogen-bond acceptors (Lipinski definition) is 9. The van der Waals surface area contributed by atoms with Crippen molar-refractivity contribution >= 4 is 41.6 Å². The van der Waals surface area contributed by atoms with Gasteiger partial charge in [0.25, 0.3) is 0 Å². The van der Waals surface area contributed by atoms with Crippen LogP contribution in [-0.4, -0.2) is 106 Å². The van der Waals surface area contributed by atoms with Crippen molar-refractivity contribution in [1.29, 1.82) is 0 Å². The van der Waals surface area contributed by atoms with Crippen molar-refractivity contribution in [2.75, 3.05) is 19.6 Å². The quantitative estimate of drug-likeness (QED) is 0.177. The van der Waals surface area contributed by atoms with Crippen LogP contribution in [0, 0.1) is 11.8 Å². The van der Waals surface area contributed by atoms with Crippen LogP contribution in [0.2, 0.25) is 0 Å². The van der Waals surface area contributed by atoms with Crippen molar-refractivity contribution in [3.63, 3.8) is 0 Å². The average molecular weight is 769 g/mol. The Morgan fingerprint density at radius 2 is 1.33 bits per heavy atom. The van der Waals surface area contributed by atoms with Gasteiger partial charge >= 0.3 is 6.15 Å². The number of benzene rings is 1. The van der Waals surface area contributed by atoms with E-state index in [-0.39, 0.29) is 23.9 Å². The lowest BCUT2D eigenvalue weighted by molar-refractivity contribution is -0.191. The fraction of sp³-hybridized carbons (Fsp3) is 0.675. The number of likely N-dealkylation sites (tertiary alicyclic amines) is 2. The van der Waals surface area contributed by atoms with Gasteiger partial charge in [-0.3, -0.25) is 28.8 Å². The van der Waals surface area contributed by atoms with Gasteiger partial charge in [0.1, 0.15) is 30.2 Å². The molecule has 4 rings (SSSR count). The number of rotatable bonds is 15. The smallest absolute Gasteiger partial charge is 0.373 e. The Morgan fingerprint density at radius 3 is 1.95 bits per heavy atom. The molecule has 3 aliphatic rings. The molecule has 15 nitrogen and oxygen atoms in total. The molecule has 2 saturated heterocycles. The molecule has 1 aliphatic carbocycles. The van der Waals surface area contributed by atoms with Crippen molar-refractivity contribution in [1.82, 2.24) is 31.1 Å². The highest BCUT2D eigenvalue weighted by molar-refractivity contribution is 5.97. The minimum atomic E-state index is -1.17. The van der Waals surface area contributed by atoms with Crippen LogP contribution in [0.1, 0.15) is 116 Å². The lowest BCUT2D eigenvalue weighted by atomic mass is 9.79. The zero-order valence-electron chi connectivity index (χ0n) is 32.7. The molecular formula is C40H60N6O9. The molecule has 1 saturated carbocycles. The van der Waals surface area contributed by atoms with Gasteiger partial charge in [-0.1, -0.05) is 76.3 Å². The number of carbonyl (C=O) groups excluding carboxylic acids is 8. The molecule has 0 spiro atoms. The van der Waals surface area contributed by atoms with E-state index in [1.165, 1.54) is 36.0 Å². The number of nitrogens with zero attached hydrogens (tertiary/aromatic N) is 2. The fourth-order valence-electron chi connectivity index (χ4n) is 7.89. The minimum absolute atomic E-state index is 0.192. The van der Waals surface area contributed by atoms with E-state index in [1.807, 2.05) is 25.1 Å². The molecule has 304 valence electrons. The lowest BCUT2D eigenvalue weighted by Gasteiger charge is -2.38. The van der Waals surface area contributed by atoms with Crippen LogP contribution in [0.15, 0.2) is 30.3 Å². The molecule has 1 aromatic carbocycles. The Bertz CT molecular complexity index is 1480. The largest absolute Gasteiger partial charge is 0.391 e. The summed E-state index contributed by atoms with van der Waals surface area (Å²) < 4.78 is 0. The molecule has 0 unspecified atom stereocenters. The Labute approximate surface area is 324 Å². The topological polar surface area (TPSA) is 211 Å². The first-order chi connectivity index (χ1) is 26.3. The minimum Gasteiger partial charge on any atom is -0.391 e. The molecule has 0 bridgehead atoms. The van der Waals surface area contributed by atoms with E-state index in [0.717, 1.165) is 19.3 Å². The van der Waals surface area contributed by atoms with Crippen molar-refractivity contribution in [3.8, 4) is 0 Å². The normalized spacial score (nSPS) is 21.3. The molecular weight excluding hydrogens is 708 g/mol. The second kappa shape index (κ2) is 22.7. The van der Waals surface area contributed by atoms with Gasteiger partial charge in [-0.25, -0.2) is 0 Å². The maximum absolute atomic E-state index is 14.3. The summed E-state index contributed by atoms with van der Waals surface area (Å²) in [7, 11) is 0. The predicted molar refractivity (Wildman–Crippen MR) is 201 cm³/mol. The first-order valence-corrected chi connectivity index (χ1v) is 19.9. The van der Waals surface area contributed by atoms with Gasteiger partial charge in [0.15, 0.2) is 0 Å². The number of aliphatic hydroxyl groups is 1. The summed E-state index contributed by atoms with van der Waals surface area (Å²) in [4.78, 5) is 100. The molecule has 55 heavy (non-hydrogen) atoms. The van der Waals surface area contributed by atoms with Crippen molar-refractivity contribution < 1.29 is 43.5 Å². The molecule has 15 heteroatoms. The summed E-state index contributed by atoms with van der Waals surface area (Å²) in [5.74, 6) is -1.84. The number of aliphatic hydroxyl groups excluding tert-OH is 1. The standard InChI is InChI=1S/C39H60N6O7.CO2/c1-5-21-40-37(50)33(27(4)46)43-36(49)31-20-14-23-44(31)38(51)26(3)41-35(48)30-19-12-13-22-45(30)39(52)34(29-17-10-7-11-18-29)42-32(47)24-25(2)28-15-8-6-9-16-28;2-1-3/h7,10-11,17-18,25-28,30-31,33-34,46H,5-6,8-9,12-16,19-24H2,1-4H3,(H,40,50)(H,41,48)(H,42,47)(H,43,49);/t25-,26-,27+,30-,31-,33-,34-;/m0./s1. The van der Waals surface area contributed by atoms with E-state index in [9.17, 15) is 33.9 Å². The van der Waals surface area contributed by atoms with Crippen LogP contribution in [0.25, 0.3) is 0 Å². The molecule has 5 N–H and O–H groups in total. The third kappa shape index (κ3) is 13.0. The van der Waals surface area contributed by atoms with Crippen LogP contribution in [0.3, 0.4) is 0 Å². The summed E-state index contributed by atoms with van der Waals surface area (Å²) in [5.41, 5.74) is 0.637. The monoisotopic (exact) mass is 768 g/mol. The van der Waals surface area contributed by atoms with Crippen LogP contribution in [0.5, 0.6) is 0 Å². The SMILES string of the molecule is CCCNC(=O)[C@@H](NC(=O)[C@@H]1CCCN1C(=O)[C@H](C)NC(=O)[C@@H]1CCCCN1C(=O)[C@@H](NC(=O)C[C@H](C)C1CCCCC1)c1ccccc1)[C@@H](C)O.O=C=O. The molecule has 0 radical (unpaired) electrons. The summed E-state index contributed by atoms with van der Waals surface area (Å²) in [5, 5.41) is 21.3. The molecule has 7 atom stereocenters. The van der Waals surface area contributed by atoms with Crippen LogP contribution < -0.4 is 21.3 Å².